The highest BCUT2D eigenvalue weighted by molar-refractivity contribution is 6.31. The number of piperazine rings is 1. The van der Waals surface area contributed by atoms with E-state index in [0.717, 1.165) is 0 Å². The highest BCUT2D eigenvalue weighted by atomic mass is 35.5. The molecule has 2 aromatic rings. The molecule has 0 saturated carbocycles. The second-order valence-electron chi connectivity index (χ2n) is 6.10. The van der Waals surface area contributed by atoms with Gasteiger partial charge >= 0.3 is 0 Å². The highest BCUT2D eigenvalue weighted by Gasteiger charge is 2.28. The van der Waals surface area contributed by atoms with Crippen LogP contribution in [0.3, 0.4) is 0 Å². The Kier molecular flexibility index (Phi) is 5.58. The van der Waals surface area contributed by atoms with Crippen LogP contribution in [0.5, 0.6) is 0 Å². The summed E-state index contributed by atoms with van der Waals surface area (Å²) in [6, 6.07) is 6.98. The molecule has 1 aromatic heterocycles. The zero-order valence-corrected chi connectivity index (χ0v) is 15.0. The lowest BCUT2D eigenvalue weighted by Crippen LogP contribution is -2.54. The van der Waals surface area contributed by atoms with Gasteiger partial charge in [0.2, 0.25) is 5.91 Å². The molecule has 8 heteroatoms. The number of anilines is 1. The number of furan rings is 1. The van der Waals surface area contributed by atoms with Crippen molar-refractivity contribution in [1.82, 2.24) is 9.80 Å². The monoisotopic (exact) mass is 379 g/mol. The summed E-state index contributed by atoms with van der Waals surface area (Å²) >= 11 is 5.73. The van der Waals surface area contributed by atoms with Crippen LogP contribution in [-0.4, -0.2) is 53.8 Å². The van der Waals surface area contributed by atoms with Gasteiger partial charge in [-0.15, -0.1) is 0 Å². The summed E-state index contributed by atoms with van der Waals surface area (Å²) in [5.41, 5.74) is 0.444. The smallest absolute Gasteiger partial charge is 0.289 e. The third-order valence-electron chi connectivity index (χ3n) is 4.45. The van der Waals surface area contributed by atoms with E-state index in [2.05, 4.69) is 5.32 Å². The number of hydrogen-bond acceptors (Lipinski definition) is 4. The van der Waals surface area contributed by atoms with E-state index in [4.69, 9.17) is 16.0 Å². The molecule has 1 saturated heterocycles. The molecule has 1 aliphatic heterocycles. The van der Waals surface area contributed by atoms with Gasteiger partial charge in [0.05, 0.1) is 17.3 Å². The number of nitrogens with one attached hydrogen (secondary N) is 1. The molecule has 1 fully saturated rings. The van der Waals surface area contributed by atoms with Crippen LogP contribution < -0.4 is 5.32 Å². The van der Waals surface area contributed by atoms with Crippen LogP contribution in [0.25, 0.3) is 0 Å². The Hall–Kier alpha value is -2.38. The van der Waals surface area contributed by atoms with Crippen LogP contribution >= 0.6 is 11.6 Å². The maximum Gasteiger partial charge on any atom is 0.289 e. The molecule has 0 radical (unpaired) electrons. The molecule has 6 nitrogen and oxygen atoms in total. The van der Waals surface area contributed by atoms with Crippen molar-refractivity contribution in [1.29, 1.82) is 0 Å². The van der Waals surface area contributed by atoms with Crippen LogP contribution in [0.1, 0.15) is 17.5 Å². The topological polar surface area (TPSA) is 65.8 Å². The standard InChI is InChI=1S/C18H19ClFN3O3/c1-12(17(24)21-13-4-5-15(20)14(19)11-13)22-6-8-23(9-7-22)18(25)16-3-2-10-26-16/h2-5,10-12H,6-9H2,1H3,(H,21,24)/t12-/m0/s1. The molecule has 1 aromatic carbocycles. The molecule has 138 valence electrons. The van der Waals surface area contributed by atoms with Gasteiger partial charge in [0, 0.05) is 31.9 Å². The summed E-state index contributed by atoms with van der Waals surface area (Å²) in [4.78, 5) is 28.4. The predicted molar refractivity (Wildman–Crippen MR) is 95.7 cm³/mol. The number of benzene rings is 1. The molecule has 3 rings (SSSR count). The predicted octanol–water partition coefficient (Wildman–Crippen LogP) is 2.86. The van der Waals surface area contributed by atoms with Gasteiger partial charge in [-0.1, -0.05) is 11.6 Å². The van der Waals surface area contributed by atoms with Crippen molar-refractivity contribution in [3.63, 3.8) is 0 Å². The van der Waals surface area contributed by atoms with Gasteiger partial charge in [-0.25, -0.2) is 4.39 Å². The zero-order chi connectivity index (χ0) is 18.7. The number of nitrogens with zero attached hydrogens (tertiary/aromatic N) is 2. The first-order chi connectivity index (χ1) is 12.5. The first kappa shape index (κ1) is 18.4. The van der Waals surface area contributed by atoms with Gasteiger partial charge in [0.15, 0.2) is 5.76 Å². The minimum atomic E-state index is -0.532. The van der Waals surface area contributed by atoms with Gasteiger partial charge in [-0.2, -0.15) is 0 Å². The normalized spacial score (nSPS) is 16.3. The Bertz CT molecular complexity index is 789. The number of carbonyl (C=O) groups excluding carboxylic acids is 2. The van der Waals surface area contributed by atoms with E-state index in [1.54, 1.807) is 24.0 Å². The molecule has 1 aliphatic rings. The summed E-state index contributed by atoms with van der Waals surface area (Å²) in [7, 11) is 0. The molecular formula is C18H19ClFN3O3. The van der Waals surface area contributed by atoms with Crippen molar-refractivity contribution in [2.75, 3.05) is 31.5 Å². The summed E-state index contributed by atoms with van der Waals surface area (Å²) in [6.45, 7) is 3.97. The van der Waals surface area contributed by atoms with Gasteiger partial charge < -0.3 is 14.6 Å². The Morgan fingerprint density at radius 3 is 2.58 bits per heavy atom. The fourth-order valence-corrected chi connectivity index (χ4v) is 3.04. The first-order valence-electron chi connectivity index (χ1n) is 8.28. The third kappa shape index (κ3) is 4.05. The van der Waals surface area contributed by atoms with Crippen molar-refractivity contribution >= 4 is 29.1 Å². The zero-order valence-electron chi connectivity index (χ0n) is 14.2. The lowest BCUT2D eigenvalue weighted by molar-refractivity contribution is -0.121. The lowest BCUT2D eigenvalue weighted by atomic mass is 10.2. The molecule has 0 bridgehead atoms. The number of halogens is 2. The fourth-order valence-electron chi connectivity index (χ4n) is 2.85. The Morgan fingerprint density at radius 1 is 1.23 bits per heavy atom. The van der Waals surface area contributed by atoms with Crippen LogP contribution in [-0.2, 0) is 4.79 Å². The Balaban J connectivity index is 1.54. The molecule has 0 spiro atoms. The van der Waals surface area contributed by atoms with Crippen molar-refractivity contribution < 1.29 is 18.4 Å². The first-order valence-corrected chi connectivity index (χ1v) is 8.66. The summed E-state index contributed by atoms with van der Waals surface area (Å²) in [5, 5.41) is 2.69. The van der Waals surface area contributed by atoms with Gasteiger partial charge in [-0.05, 0) is 37.3 Å². The molecular weight excluding hydrogens is 361 g/mol. The Labute approximate surface area is 155 Å². The minimum absolute atomic E-state index is 0.0412. The van der Waals surface area contributed by atoms with Gasteiger partial charge in [0.25, 0.3) is 5.91 Å². The molecule has 1 atom stereocenters. The van der Waals surface area contributed by atoms with Crippen molar-refractivity contribution in [3.8, 4) is 0 Å². The average Bonchev–Trinajstić information content (AvgIpc) is 3.18. The number of rotatable bonds is 4. The molecule has 2 heterocycles. The summed E-state index contributed by atoms with van der Waals surface area (Å²) in [6.07, 6.45) is 1.47. The van der Waals surface area contributed by atoms with E-state index >= 15 is 0 Å². The van der Waals surface area contributed by atoms with E-state index in [1.807, 2.05) is 4.90 Å². The number of carbonyl (C=O) groups is 2. The van der Waals surface area contributed by atoms with Crippen molar-refractivity contribution in [2.24, 2.45) is 0 Å². The molecule has 26 heavy (non-hydrogen) atoms. The quantitative estimate of drug-likeness (QED) is 0.887. The molecule has 0 aliphatic carbocycles. The van der Waals surface area contributed by atoms with Crippen molar-refractivity contribution in [2.45, 2.75) is 13.0 Å². The van der Waals surface area contributed by atoms with E-state index in [1.165, 1.54) is 24.5 Å². The van der Waals surface area contributed by atoms with Crippen LogP contribution in [0.2, 0.25) is 5.02 Å². The highest BCUT2D eigenvalue weighted by Crippen LogP contribution is 2.20. The average molecular weight is 380 g/mol. The van der Waals surface area contributed by atoms with E-state index in [9.17, 15) is 14.0 Å². The largest absolute Gasteiger partial charge is 0.459 e. The van der Waals surface area contributed by atoms with Crippen LogP contribution in [0.4, 0.5) is 10.1 Å². The molecule has 1 N–H and O–H groups in total. The fraction of sp³-hybridized carbons (Fsp3) is 0.333. The van der Waals surface area contributed by atoms with Crippen molar-refractivity contribution in [3.05, 3.63) is 53.2 Å². The van der Waals surface area contributed by atoms with E-state index in [-0.39, 0.29) is 22.9 Å². The second-order valence-corrected chi connectivity index (χ2v) is 6.51. The SMILES string of the molecule is C[C@@H](C(=O)Nc1ccc(F)c(Cl)c1)N1CCN(C(=O)c2ccco2)CC1. The van der Waals surface area contributed by atoms with Crippen LogP contribution in [0.15, 0.2) is 41.0 Å². The van der Waals surface area contributed by atoms with Crippen LogP contribution in [0, 0.1) is 5.82 Å². The molecule has 2 amide bonds. The lowest BCUT2D eigenvalue weighted by Gasteiger charge is -2.37. The van der Waals surface area contributed by atoms with E-state index in [0.29, 0.717) is 37.6 Å². The second kappa shape index (κ2) is 7.88. The maximum absolute atomic E-state index is 13.2. The maximum atomic E-state index is 13.2. The molecule has 0 unspecified atom stereocenters. The number of amides is 2. The van der Waals surface area contributed by atoms with Gasteiger partial charge in [0.1, 0.15) is 5.82 Å². The summed E-state index contributed by atoms with van der Waals surface area (Å²) < 4.78 is 18.3. The third-order valence-corrected chi connectivity index (χ3v) is 4.74. The minimum Gasteiger partial charge on any atom is -0.459 e. The van der Waals surface area contributed by atoms with Gasteiger partial charge in [-0.3, -0.25) is 14.5 Å². The van der Waals surface area contributed by atoms with E-state index < -0.39 is 5.82 Å². The Morgan fingerprint density at radius 2 is 1.96 bits per heavy atom. The summed E-state index contributed by atoms with van der Waals surface area (Å²) in [5.74, 6) is -0.571. The number of hydrogen-bond donors (Lipinski definition) is 1.